The zero-order valence-corrected chi connectivity index (χ0v) is 9.43. The van der Waals surface area contributed by atoms with Crippen LogP contribution in [0.2, 0.25) is 0 Å². The van der Waals surface area contributed by atoms with E-state index in [1.54, 1.807) is 6.20 Å². The Kier molecular flexibility index (Phi) is 2.66. The van der Waals surface area contributed by atoms with Crippen molar-refractivity contribution < 1.29 is 9.48 Å². The zero-order chi connectivity index (χ0) is 11.7. The van der Waals surface area contributed by atoms with E-state index in [0.29, 0.717) is 13.2 Å². The minimum atomic E-state index is -0.124. The molecule has 0 aliphatic carbocycles. The van der Waals surface area contributed by atoms with E-state index in [9.17, 15) is 5.21 Å². The van der Waals surface area contributed by atoms with Crippen LogP contribution in [-0.4, -0.2) is 36.3 Å². The van der Waals surface area contributed by atoms with Crippen molar-refractivity contribution in [3.05, 3.63) is 47.3 Å². The van der Waals surface area contributed by atoms with Crippen molar-refractivity contribution in [3.63, 3.8) is 0 Å². The Labute approximate surface area is 99.8 Å². The predicted octanol–water partition coefficient (Wildman–Crippen LogP) is 0.981. The SMILES string of the molecule is [O-][N+]1=C(C2CNCCO2)C(c2ccccc2)=C1. The largest absolute Gasteiger partial charge is 0.618 e. The fourth-order valence-corrected chi connectivity index (χ4v) is 2.20. The van der Waals surface area contributed by atoms with Gasteiger partial charge in [0, 0.05) is 13.1 Å². The molecule has 2 heterocycles. The smallest absolute Gasteiger partial charge is 0.237 e. The molecule has 2 aliphatic heterocycles. The van der Waals surface area contributed by atoms with E-state index >= 15 is 0 Å². The van der Waals surface area contributed by atoms with Crippen molar-refractivity contribution in [1.82, 2.24) is 5.32 Å². The van der Waals surface area contributed by atoms with Gasteiger partial charge in [-0.1, -0.05) is 30.3 Å². The molecular weight excluding hydrogens is 216 g/mol. The summed E-state index contributed by atoms with van der Waals surface area (Å²) in [4.78, 5) is 0. The van der Waals surface area contributed by atoms with Crippen LogP contribution in [0.3, 0.4) is 0 Å². The summed E-state index contributed by atoms with van der Waals surface area (Å²) in [6, 6.07) is 9.93. The molecule has 0 bridgehead atoms. The first kappa shape index (κ1) is 10.5. The van der Waals surface area contributed by atoms with E-state index in [0.717, 1.165) is 28.1 Å². The van der Waals surface area contributed by atoms with Crippen LogP contribution >= 0.6 is 0 Å². The summed E-state index contributed by atoms with van der Waals surface area (Å²) >= 11 is 0. The molecule has 0 radical (unpaired) electrons. The Morgan fingerprint density at radius 2 is 2.12 bits per heavy atom. The molecule has 1 unspecified atom stereocenters. The maximum Gasteiger partial charge on any atom is 0.237 e. The van der Waals surface area contributed by atoms with Gasteiger partial charge in [0.1, 0.15) is 5.57 Å². The predicted molar refractivity (Wildman–Crippen MR) is 65.7 cm³/mol. The molecule has 1 aromatic carbocycles. The van der Waals surface area contributed by atoms with Gasteiger partial charge in [-0.15, -0.1) is 0 Å². The minimum absolute atomic E-state index is 0.124. The number of hydrogen-bond donors (Lipinski definition) is 1. The molecule has 88 valence electrons. The lowest BCUT2D eigenvalue weighted by Crippen LogP contribution is -2.47. The van der Waals surface area contributed by atoms with Gasteiger partial charge in [0.2, 0.25) is 5.71 Å². The molecule has 2 aliphatic rings. The summed E-state index contributed by atoms with van der Waals surface area (Å²) in [6.07, 6.45) is 1.49. The first-order valence-electron chi connectivity index (χ1n) is 5.79. The summed E-state index contributed by atoms with van der Waals surface area (Å²) in [5.74, 6) is 0. The lowest BCUT2D eigenvalue weighted by molar-refractivity contribution is -0.391. The first-order chi connectivity index (χ1) is 8.36. The summed E-state index contributed by atoms with van der Waals surface area (Å²) in [7, 11) is 0. The van der Waals surface area contributed by atoms with Gasteiger partial charge in [-0.3, -0.25) is 0 Å². The van der Waals surface area contributed by atoms with Crippen LogP contribution in [0.5, 0.6) is 0 Å². The molecule has 1 atom stereocenters. The highest BCUT2D eigenvalue weighted by Gasteiger charge is 2.36. The van der Waals surface area contributed by atoms with E-state index in [1.165, 1.54) is 0 Å². The third-order valence-electron chi connectivity index (χ3n) is 3.08. The standard InChI is InChI=1S/C13H14N2O2/c16-15-9-11(10-4-2-1-3-5-10)13(15)12-8-14-6-7-17-12/h1-5,9,12,14H,6-8H2. The van der Waals surface area contributed by atoms with Gasteiger partial charge in [0.25, 0.3) is 0 Å². The number of ether oxygens (including phenoxy) is 1. The highest BCUT2D eigenvalue weighted by molar-refractivity contribution is 6.26. The summed E-state index contributed by atoms with van der Waals surface area (Å²) in [5.41, 5.74) is 2.81. The van der Waals surface area contributed by atoms with Gasteiger partial charge >= 0.3 is 0 Å². The second-order valence-electron chi connectivity index (χ2n) is 4.18. The number of benzene rings is 1. The van der Waals surface area contributed by atoms with Gasteiger partial charge in [-0.05, 0) is 5.56 Å². The molecule has 4 nitrogen and oxygen atoms in total. The minimum Gasteiger partial charge on any atom is -0.618 e. The number of hydroxylamine groups is 1. The number of nitrogens with one attached hydrogen (secondary N) is 1. The second kappa shape index (κ2) is 4.31. The molecule has 0 spiro atoms. The summed E-state index contributed by atoms with van der Waals surface area (Å²) < 4.78 is 6.54. The summed E-state index contributed by atoms with van der Waals surface area (Å²) in [5, 5.41) is 14.8. The number of morpholine rings is 1. The average Bonchev–Trinajstić information content (AvgIpc) is 2.38. The molecule has 0 amide bonds. The van der Waals surface area contributed by atoms with Gasteiger partial charge in [0.15, 0.2) is 12.3 Å². The lowest BCUT2D eigenvalue weighted by Gasteiger charge is -2.28. The Bertz CT molecular complexity index is 473. The second-order valence-corrected chi connectivity index (χ2v) is 4.18. The lowest BCUT2D eigenvalue weighted by atomic mass is 9.94. The topological polar surface area (TPSA) is 47.3 Å². The van der Waals surface area contributed by atoms with Crippen molar-refractivity contribution in [1.29, 1.82) is 0 Å². The highest BCUT2D eigenvalue weighted by atomic mass is 16.5. The first-order valence-corrected chi connectivity index (χ1v) is 5.79. The van der Waals surface area contributed by atoms with E-state index < -0.39 is 0 Å². The number of hydrogen-bond acceptors (Lipinski definition) is 3. The Hall–Kier alpha value is -1.65. The third kappa shape index (κ3) is 1.85. The Balaban J connectivity index is 1.83. The molecule has 3 rings (SSSR count). The number of nitrogens with zero attached hydrogens (tertiary/aromatic N) is 1. The van der Waals surface area contributed by atoms with Crippen LogP contribution in [0, 0.1) is 5.21 Å². The van der Waals surface area contributed by atoms with Crippen molar-refractivity contribution in [2.75, 3.05) is 19.7 Å². The van der Waals surface area contributed by atoms with E-state index in [-0.39, 0.29) is 6.10 Å². The van der Waals surface area contributed by atoms with E-state index in [1.807, 2.05) is 30.3 Å². The van der Waals surface area contributed by atoms with E-state index in [4.69, 9.17) is 4.74 Å². The van der Waals surface area contributed by atoms with Crippen LogP contribution in [0.25, 0.3) is 5.57 Å². The molecule has 1 aromatic rings. The van der Waals surface area contributed by atoms with Gasteiger partial charge in [0.05, 0.1) is 6.61 Å². The van der Waals surface area contributed by atoms with Crippen LogP contribution in [-0.2, 0) is 4.74 Å². The fraction of sp³-hybridized carbons (Fsp3) is 0.308. The molecule has 0 aromatic heterocycles. The molecule has 1 fully saturated rings. The van der Waals surface area contributed by atoms with Crippen molar-refractivity contribution in [2.45, 2.75) is 6.10 Å². The van der Waals surface area contributed by atoms with Crippen LogP contribution in [0.1, 0.15) is 5.56 Å². The fourth-order valence-electron chi connectivity index (χ4n) is 2.20. The molecular formula is C13H14N2O2. The molecule has 17 heavy (non-hydrogen) atoms. The van der Waals surface area contributed by atoms with Gasteiger partial charge in [-0.25, -0.2) is 0 Å². The van der Waals surface area contributed by atoms with Crippen LogP contribution in [0.4, 0.5) is 0 Å². The van der Waals surface area contributed by atoms with Gasteiger partial charge in [-0.2, -0.15) is 4.74 Å². The van der Waals surface area contributed by atoms with Crippen molar-refractivity contribution in [3.8, 4) is 0 Å². The zero-order valence-electron chi connectivity index (χ0n) is 9.43. The normalized spacial score (nSPS) is 24.2. The molecule has 0 saturated carbocycles. The van der Waals surface area contributed by atoms with Crippen LogP contribution in [0.15, 0.2) is 36.5 Å². The maximum absolute atomic E-state index is 11.6. The quantitative estimate of drug-likeness (QED) is 0.608. The molecule has 1 N–H and O–H groups in total. The highest BCUT2D eigenvalue weighted by Crippen LogP contribution is 2.25. The molecule has 4 heteroatoms. The Morgan fingerprint density at radius 1 is 1.29 bits per heavy atom. The van der Waals surface area contributed by atoms with E-state index in [2.05, 4.69) is 5.32 Å². The summed E-state index contributed by atoms with van der Waals surface area (Å²) in [6.45, 7) is 2.22. The van der Waals surface area contributed by atoms with Crippen molar-refractivity contribution >= 4 is 11.3 Å². The Morgan fingerprint density at radius 3 is 2.76 bits per heavy atom. The molecule has 1 saturated heterocycles. The van der Waals surface area contributed by atoms with Crippen LogP contribution < -0.4 is 5.32 Å². The number of rotatable bonds is 2. The van der Waals surface area contributed by atoms with Crippen molar-refractivity contribution in [2.24, 2.45) is 0 Å². The third-order valence-corrected chi connectivity index (χ3v) is 3.08. The van der Waals surface area contributed by atoms with Gasteiger partial charge < -0.3 is 15.3 Å². The average molecular weight is 230 g/mol. The monoisotopic (exact) mass is 230 g/mol. The maximum atomic E-state index is 11.6.